The minimum Gasteiger partial charge on any atom is -0.331 e. The fourth-order valence-corrected chi connectivity index (χ4v) is 2.05. The van der Waals surface area contributed by atoms with Crippen molar-refractivity contribution in [3.05, 3.63) is 52.3 Å². The zero-order valence-corrected chi connectivity index (χ0v) is 11.4. The highest BCUT2D eigenvalue weighted by Gasteiger charge is 2.00. The Balaban J connectivity index is 2.04. The van der Waals surface area contributed by atoms with Crippen LogP contribution in [-0.2, 0) is 4.79 Å². The molecule has 0 atom stereocenters. The molecule has 0 aliphatic carbocycles. The summed E-state index contributed by atoms with van der Waals surface area (Å²) in [5.74, 6) is 0.213. The largest absolute Gasteiger partial charge is 0.331 e. The number of anilines is 1. The first-order valence-electron chi connectivity index (χ1n) is 5.40. The van der Waals surface area contributed by atoms with Crippen LogP contribution in [0.4, 0.5) is 5.95 Å². The Bertz CT molecular complexity index is 576. The van der Waals surface area contributed by atoms with E-state index in [0.717, 1.165) is 10.0 Å². The second kappa shape index (κ2) is 5.64. The van der Waals surface area contributed by atoms with Gasteiger partial charge in [0.25, 0.3) is 5.91 Å². The van der Waals surface area contributed by atoms with Gasteiger partial charge in [0.05, 0.1) is 0 Å². The van der Waals surface area contributed by atoms with Gasteiger partial charge in [-0.3, -0.25) is 10.1 Å². The van der Waals surface area contributed by atoms with Crippen molar-refractivity contribution >= 4 is 33.9 Å². The summed E-state index contributed by atoms with van der Waals surface area (Å²) < 4.78 is 0.963. The Hall–Kier alpha value is -1.88. The fraction of sp³-hybridized carbons (Fsp3) is 0.0769. The molecule has 5 heteroatoms. The Labute approximate surface area is 113 Å². The molecule has 0 saturated heterocycles. The molecular formula is C13H12BrN3O. The number of rotatable bonds is 3. The van der Waals surface area contributed by atoms with Gasteiger partial charge in [0, 0.05) is 22.9 Å². The number of aryl methyl sites for hydroxylation is 1. The third kappa shape index (κ3) is 3.30. The summed E-state index contributed by atoms with van der Waals surface area (Å²) in [6.07, 6.45) is 6.45. The van der Waals surface area contributed by atoms with E-state index in [-0.39, 0.29) is 5.91 Å². The molecule has 0 spiro atoms. The molecule has 0 radical (unpaired) electrons. The maximum atomic E-state index is 11.6. The van der Waals surface area contributed by atoms with Crippen LogP contribution < -0.4 is 5.32 Å². The number of aromatic nitrogens is 2. The number of nitrogens with one attached hydrogen (secondary N) is 2. The number of hydrogen-bond donors (Lipinski definition) is 2. The first-order chi connectivity index (χ1) is 8.65. The molecule has 92 valence electrons. The molecule has 1 aromatic heterocycles. The van der Waals surface area contributed by atoms with E-state index in [1.54, 1.807) is 18.5 Å². The Kier molecular flexibility index (Phi) is 3.94. The zero-order chi connectivity index (χ0) is 13.0. The minimum absolute atomic E-state index is 0.225. The molecule has 2 rings (SSSR count). The van der Waals surface area contributed by atoms with Gasteiger partial charge in [0.1, 0.15) is 0 Å². The summed E-state index contributed by atoms with van der Waals surface area (Å²) in [5.41, 5.74) is 2.12. The predicted octanol–water partition coefficient (Wildman–Crippen LogP) is 3.13. The zero-order valence-electron chi connectivity index (χ0n) is 9.77. The lowest BCUT2D eigenvalue weighted by atomic mass is 10.1. The third-order valence-electron chi connectivity index (χ3n) is 2.31. The maximum Gasteiger partial charge on any atom is 0.250 e. The summed E-state index contributed by atoms with van der Waals surface area (Å²) in [7, 11) is 0. The topological polar surface area (TPSA) is 57.8 Å². The van der Waals surface area contributed by atoms with Crippen LogP contribution in [0.25, 0.3) is 6.08 Å². The van der Waals surface area contributed by atoms with Gasteiger partial charge in [-0.2, -0.15) is 0 Å². The first-order valence-corrected chi connectivity index (χ1v) is 6.19. The van der Waals surface area contributed by atoms with Crippen molar-refractivity contribution in [2.24, 2.45) is 0 Å². The smallest absolute Gasteiger partial charge is 0.250 e. The number of aromatic amines is 1. The molecule has 0 aliphatic rings. The summed E-state index contributed by atoms with van der Waals surface area (Å²) in [6, 6.07) is 5.95. The van der Waals surface area contributed by atoms with Crippen molar-refractivity contribution in [2.45, 2.75) is 6.92 Å². The summed E-state index contributed by atoms with van der Waals surface area (Å²) in [4.78, 5) is 18.3. The number of benzene rings is 1. The number of amides is 1. The monoisotopic (exact) mass is 305 g/mol. The van der Waals surface area contributed by atoms with Crippen LogP contribution in [0.5, 0.6) is 0 Å². The summed E-state index contributed by atoms with van der Waals surface area (Å²) in [6.45, 7) is 2.02. The van der Waals surface area contributed by atoms with Crippen molar-refractivity contribution in [1.82, 2.24) is 9.97 Å². The van der Waals surface area contributed by atoms with Gasteiger partial charge in [0.2, 0.25) is 5.95 Å². The van der Waals surface area contributed by atoms with Crippen LogP contribution in [0.15, 0.2) is 41.1 Å². The Morgan fingerprint density at radius 1 is 1.50 bits per heavy atom. The van der Waals surface area contributed by atoms with E-state index in [0.29, 0.717) is 5.95 Å². The normalized spacial score (nSPS) is 10.8. The van der Waals surface area contributed by atoms with Crippen LogP contribution in [0.1, 0.15) is 11.1 Å². The highest BCUT2D eigenvalue weighted by Crippen LogP contribution is 2.19. The maximum absolute atomic E-state index is 11.6. The first kappa shape index (κ1) is 12.6. The standard InChI is InChI=1S/C13H12BrN3O/c1-9-2-3-10(11(14)8-9)4-5-12(18)17-13-15-6-7-16-13/h2-8H,1H3,(H2,15,16,17,18)/b5-4+. The molecule has 1 amide bonds. The van der Waals surface area contributed by atoms with Gasteiger partial charge in [-0.05, 0) is 30.2 Å². The second-order valence-corrected chi connectivity index (χ2v) is 4.64. The molecule has 0 unspecified atom stereocenters. The van der Waals surface area contributed by atoms with Crippen LogP contribution in [0, 0.1) is 6.92 Å². The van der Waals surface area contributed by atoms with Crippen LogP contribution >= 0.6 is 15.9 Å². The van der Waals surface area contributed by atoms with Gasteiger partial charge in [-0.1, -0.05) is 28.1 Å². The van der Waals surface area contributed by atoms with Gasteiger partial charge >= 0.3 is 0 Å². The van der Waals surface area contributed by atoms with E-state index in [1.807, 2.05) is 25.1 Å². The highest BCUT2D eigenvalue weighted by molar-refractivity contribution is 9.10. The lowest BCUT2D eigenvalue weighted by Crippen LogP contribution is -2.08. The predicted molar refractivity (Wildman–Crippen MR) is 75.1 cm³/mol. The fourth-order valence-electron chi connectivity index (χ4n) is 1.42. The molecule has 2 aromatic rings. The van der Waals surface area contributed by atoms with Gasteiger partial charge < -0.3 is 4.98 Å². The summed E-state index contributed by atoms with van der Waals surface area (Å²) in [5, 5.41) is 2.62. The molecule has 0 fully saturated rings. The molecule has 4 nitrogen and oxygen atoms in total. The molecule has 18 heavy (non-hydrogen) atoms. The molecule has 0 aliphatic heterocycles. The highest BCUT2D eigenvalue weighted by atomic mass is 79.9. The van der Waals surface area contributed by atoms with Crippen molar-refractivity contribution < 1.29 is 4.79 Å². The van der Waals surface area contributed by atoms with Gasteiger partial charge in [-0.25, -0.2) is 4.98 Å². The SMILES string of the molecule is Cc1ccc(/C=C/C(=O)Nc2ncc[nH]2)c(Br)c1. The Morgan fingerprint density at radius 3 is 3.00 bits per heavy atom. The average molecular weight is 306 g/mol. The lowest BCUT2D eigenvalue weighted by Gasteiger charge is -2.00. The number of hydrogen-bond acceptors (Lipinski definition) is 2. The van der Waals surface area contributed by atoms with Gasteiger partial charge in [0.15, 0.2) is 0 Å². The van der Waals surface area contributed by atoms with Crippen molar-refractivity contribution in [2.75, 3.05) is 5.32 Å². The molecule has 2 N–H and O–H groups in total. The van der Waals surface area contributed by atoms with E-state index in [2.05, 4.69) is 31.2 Å². The van der Waals surface area contributed by atoms with Crippen LogP contribution in [0.3, 0.4) is 0 Å². The molecule has 0 saturated carbocycles. The number of carbonyl (C=O) groups is 1. The Morgan fingerprint density at radius 2 is 2.33 bits per heavy atom. The lowest BCUT2D eigenvalue weighted by molar-refractivity contribution is -0.111. The van der Waals surface area contributed by atoms with Crippen molar-refractivity contribution in [3.8, 4) is 0 Å². The minimum atomic E-state index is -0.225. The van der Waals surface area contributed by atoms with E-state index in [1.165, 1.54) is 11.6 Å². The number of nitrogens with zero attached hydrogens (tertiary/aromatic N) is 1. The van der Waals surface area contributed by atoms with E-state index < -0.39 is 0 Å². The van der Waals surface area contributed by atoms with E-state index in [9.17, 15) is 4.79 Å². The molecular weight excluding hydrogens is 294 g/mol. The number of halogens is 1. The average Bonchev–Trinajstić information content (AvgIpc) is 2.80. The third-order valence-corrected chi connectivity index (χ3v) is 3.00. The van der Waals surface area contributed by atoms with E-state index in [4.69, 9.17) is 0 Å². The van der Waals surface area contributed by atoms with Crippen molar-refractivity contribution in [1.29, 1.82) is 0 Å². The number of imidazole rings is 1. The summed E-state index contributed by atoms with van der Waals surface area (Å²) >= 11 is 3.46. The number of H-pyrrole nitrogens is 1. The van der Waals surface area contributed by atoms with Gasteiger partial charge in [-0.15, -0.1) is 0 Å². The second-order valence-electron chi connectivity index (χ2n) is 3.79. The van der Waals surface area contributed by atoms with E-state index >= 15 is 0 Å². The van der Waals surface area contributed by atoms with Crippen molar-refractivity contribution in [3.63, 3.8) is 0 Å². The molecule has 1 heterocycles. The van der Waals surface area contributed by atoms with Crippen LogP contribution in [0.2, 0.25) is 0 Å². The van der Waals surface area contributed by atoms with Crippen LogP contribution in [-0.4, -0.2) is 15.9 Å². The quantitative estimate of drug-likeness (QED) is 0.856. The molecule has 1 aromatic carbocycles. The molecule has 0 bridgehead atoms. The number of carbonyl (C=O) groups excluding carboxylic acids is 1.